The summed E-state index contributed by atoms with van der Waals surface area (Å²) >= 11 is 6.07. The van der Waals surface area contributed by atoms with E-state index in [1.807, 2.05) is 19.3 Å². The number of halogens is 1. The second-order valence-electron chi connectivity index (χ2n) is 6.30. The van der Waals surface area contributed by atoms with Gasteiger partial charge in [0.2, 0.25) is 5.95 Å². The molecule has 2 heterocycles. The maximum Gasteiger partial charge on any atom is 0.223 e. The van der Waals surface area contributed by atoms with Gasteiger partial charge in [-0.05, 0) is 30.2 Å². The van der Waals surface area contributed by atoms with Gasteiger partial charge in [0, 0.05) is 42.1 Å². The van der Waals surface area contributed by atoms with Gasteiger partial charge in [-0.2, -0.15) is 5.10 Å². The van der Waals surface area contributed by atoms with Crippen LogP contribution in [0.25, 0.3) is 22.5 Å². The Morgan fingerprint density at radius 2 is 2.08 bits per heavy atom. The molecule has 2 aromatic heterocycles. The van der Waals surface area contributed by atoms with Gasteiger partial charge >= 0.3 is 0 Å². The number of nitrogens with one attached hydrogen (secondary N) is 1. The zero-order chi connectivity index (χ0) is 18.0. The number of hydrogen-bond acceptors (Lipinski definition) is 5. The van der Waals surface area contributed by atoms with E-state index in [0.717, 1.165) is 23.4 Å². The van der Waals surface area contributed by atoms with Crippen molar-refractivity contribution >= 4 is 17.5 Å². The highest BCUT2D eigenvalue weighted by Crippen LogP contribution is 2.33. The summed E-state index contributed by atoms with van der Waals surface area (Å²) in [4.78, 5) is 8.85. The molecule has 0 unspecified atom stereocenters. The fourth-order valence-electron chi connectivity index (χ4n) is 2.49. The number of phenols is 1. The average molecular weight is 358 g/mol. The van der Waals surface area contributed by atoms with E-state index >= 15 is 0 Å². The molecule has 3 rings (SSSR count). The van der Waals surface area contributed by atoms with Crippen LogP contribution >= 0.6 is 11.6 Å². The minimum atomic E-state index is 0.0982. The van der Waals surface area contributed by atoms with E-state index < -0.39 is 0 Å². The second kappa shape index (κ2) is 7.11. The van der Waals surface area contributed by atoms with Gasteiger partial charge in [0.05, 0.1) is 5.69 Å². The van der Waals surface area contributed by atoms with Crippen molar-refractivity contribution in [3.63, 3.8) is 0 Å². The summed E-state index contributed by atoms with van der Waals surface area (Å²) in [5, 5.41) is 18.0. The summed E-state index contributed by atoms with van der Waals surface area (Å²) in [6.45, 7) is 5.05. The number of hydrogen-bond donors (Lipinski definition) is 2. The SMILES string of the molecule is CC(C)CNc1nccc(-c2cn(C)nc2-c2cc(O)cc(Cl)c2)n1. The van der Waals surface area contributed by atoms with Crippen molar-refractivity contribution in [2.75, 3.05) is 11.9 Å². The summed E-state index contributed by atoms with van der Waals surface area (Å²) in [5.74, 6) is 1.17. The molecule has 25 heavy (non-hydrogen) atoms. The van der Waals surface area contributed by atoms with Crippen LogP contribution in [0.15, 0.2) is 36.7 Å². The van der Waals surface area contributed by atoms with E-state index in [9.17, 15) is 5.11 Å². The van der Waals surface area contributed by atoms with Crippen LogP contribution in [0.5, 0.6) is 5.75 Å². The smallest absolute Gasteiger partial charge is 0.223 e. The summed E-state index contributed by atoms with van der Waals surface area (Å²) in [5.41, 5.74) is 3.03. The molecule has 0 aliphatic rings. The minimum Gasteiger partial charge on any atom is -0.508 e. The molecule has 2 N–H and O–H groups in total. The van der Waals surface area contributed by atoms with Gasteiger partial charge in [-0.15, -0.1) is 0 Å². The highest BCUT2D eigenvalue weighted by Gasteiger charge is 2.15. The first-order valence-electron chi connectivity index (χ1n) is 8.03. The lowest BCUT2D eigenvalue weighted by Crippen LogP contribution is -2.10. The Hall–Kier alpha value is -2.60. The lowest BCUT2D eigenvalue weighted by atomic mass is 10.1. The van der Waals surface area contributed by atoms with Crippen LogP contribution in [0.1, 0.15) is 13.8 Å². The number of benzene rings is 1. The predicted octanol–water partition coefficient (Wildman–Crippen LogP) is 3.97. The normalized spacial score (nSPS) is 11.1. The quantitative estimate of drug-likeness (QED) is 0.722. The first-order chi connectivity index (χ1) is 11.9. The molecule has 7 heteroatoms. The molecule has 1 aromatic carbocycles. The number of anilines is 1. The van der Waals surface area contributed by atoms with Gasteiger partial charge in [0.25, 0.3) is 0 Å². The van der Waals surface area contributed by atoms with Gasteiger partial charge in [-0.3, -0.25) is 4.68 Å². The number of aromatic nitrogens is 4. The van der Waals surface area contributed by atoms with Gasteiger partial charge in [0.15, 0.2) is 0 Å². The minimum absolute atomic E-state index is 0.0982. The van der Waals surface area contributed by atoms with Gasteiger partial charge < -0.3 is 10.4 Å². The topological polar surface area (TPSA) is 75.9 Å². The van der Waals surface area contributed by atoms with Crippen molar-refractivity contribution in [3.05, 3.63) is 41.7 Å². The zero-order valence-electron chi connectivity index (χ0n) is 14.4. The first-order valence-corrected chi connectivity index (χ1v) is 8.41. The largest absolute Gasteiger partial charge is 0.508 e. The molecule has 0 fully saturated rings. The van der Waals surface area contributed by atoms with Crippen molar-refractivity contribution in [2.24, 2.45) is 13.0 Å². The Kier molecular flexibility index (Phi) is 4.90. The molecule has 3 aromatic rings. The monoisotopic (exact) mass is 357 g/mol. The number of rotatable bonds is 5. The van der Waals surface area contributed by atoms with Gasteiger partial charge in [-0.25, -0.2) is 9.97 Å². The highest BCUT2D eigenvalue weighted by atomic mass is 35.5. The third-order valence-electron chi connectivity index (χ3n) is 3.58. The van der Waals surface area contributed by atoms with Crippen molar-refractivity contribution in [1.82, 2.24) is 19.7 Å². The summed E-state index contributed by atoms with van der Waals surface area (Å²) < 4.78 is 1.71. The van der Waals surface area contributed by atoms with E-state index in [1.165, 1.54) is 6.07 Å². The van der Waals surface area contributed by atoms with Crippen LogP contribution in [0.3, 0.4) is 0 Å². The van der Waals surface area contributed by atoms with Crippen LogP contribution in [-0.2, 0) is 7.05 Å². The molecule has 130 valence electrons. The standard InChI is InChI=1S/C18H20ClN5O/c1-11(2)9-21-18-20-5-4-16(22-18)15-10-24(3)23-17(15)12-6-13(19)8-14(25)7-12/h4-8,10-11,25H,9H2,1-3H3,(H,20,21,22). The molecule has 0 aliphatic carbocycles. The predicted molar refractivity (Wildman–Crippen MR) is 99.7 cm³/mol. The van der Waals surface area contributed by atoms with Gasteiger partial charge in [-0.1, -0.05) is 25.4 Å². The molecule has 0 bridgehead atoms. The summed E-state index contributed by atoms with van der Waals surface area (Å²) in [7, 11) is 1.84. The number of aryl methyl sites for hydroxylation is 1. The molecule has 0 aliphatic heterocycles. The third kappa shape index (κ3) is 4.09. The van der Waals surface area contributed by atoms with Crippen molar-refractivity contribution < 1.29 is 5.11 Å². The third-order valence-corrected chi connectivity index (χ3v) is 3.80. The maximum absolute atomic E-state index is 9.83. The average Bonchev–Trinajstić information content (AvgIpc) is 2.94. The van der Waals surface area contributed by atoms with Crippen LogP contribution in [0.2, 0.25) is 5.02 Å². The van der Waals surface area contributed by atoms with Crippen molar-refractivity contribution in [2.45, 2.75) is 13.8 Å². The molecule has 0 amide bonds. The Labute approximate surface area is 151 Å². The molecule has 0 radical (unpaired) electrons. The van der Waals surface area contributed by atoms with Crippen molar-refractivity contribution in [1.29, 1.82) is 0 Å². The molecular formula is C18H20ClN5O. The molecule has 0 saturated carbocycles. The second-order valence-corrected chi connectivity index (χ2v) is 6.74. The molecule has 0 saturated heterocycles. The van der Waals surface area contributed by atoms with Crippen LogP contribution < -0.4 is 5.32 Å². The molecular weight excluding hydrogens is 338 g/mol. The maximum atomic E-state index is 9.83. The van der Waals surface area contributed by atoms with E-state index in [0.29, 0.717) is 22.6 Å². The number of aromatic hydroxyl groups is 1. The van der Waals surface area contributed by atoms with E-state index in [4.69, 9.17) is 11.6 Å². The molecule has 6 nitrogen and oxygen atoms in total. The highest BCUT2D eigenvalue weighted by molar-refractivity contribution is 6.31. The summed E-state index contributed by atoms with van der Waals surface area (Å²) in [6.07, 6.45) is 3.61. The molecule has 0 spiro atoms. The lowest BCUT2D eigenvalue weighted by Gasteiger charge is -2.08. The molecule has 0 atom stereocenters. The Balaban J connectivity index is 2.02. The Morgan fingerprint density at radius 1 is 1.28 bits per heavy atom. The van der Waals surface area contributed by atoms with Crippen LogP contribution in [-0.4, -0.2) is 31.4 Å². The Bertz CT molecular complexity index is 871. The van der Waals surface area contributed by atoms with Gasteiger partial charge in [0.1, 0.15) is 11.4 Å². The first kappa shape index (κ1) is 17.2. The fraction of sp³-hybridized carbons (Fsp3) is 0.278. The number of nitrogens with zero attached hydrogens (tertiary/aromatic N) is 4. The van der Waals surface area contributed by atoms with Crippen LogP contribution in [0.4, 0.5) is 5.95 Å². The summed E-state index contributed by atoms with van der Waals surface area (Å²) in [6, 6.07) is 6.74. The zero-order valence-corrected chi connectivity index (χ0v) is 15.1. The van der Waals surface area contributed by atoms with Crippen LogP contribution in [0, 0.1) is 5.92 Å². The van der Waals surface area contributed by atoms with E-state index in [2.05, 4.69) is 34.2 Å². The van der Waals surface area contributed by atoms with E-state index in [1.54, 1.807) is 23.0 Å². The number of phenolic OH excluding ortho intramolecular Hbond substituents is 1. The lowest BCUT2D eigenvalue weighted by molar-refractivity contribution is 0.475. The Morgan fingerprint density at radius 3 is 2.80 bits per heavy atom. The fourth-order valence-corrected chi connectivity index (χ4v) is 2.72. The van der Waals surface area contributed by atoms with Crippen molar-refractivity contribution in [3.8, 4) is 28.3 Å². The van der Waals surface area contributed by atoms with E-state index in [-0.39, 0.29) is 5.75 Å².